The summed E-state index contributed by atoms with van der Waals surface area (Å²) in [5.41, 5.74) is 0. The molecule has 0 aliphatic heterocycles. The molecule has 0 N–H and O–H groups in total. The Morgan fingerprint density at radius 2 is 2.14 bits per heavy atom. The van der Waals surface area contributed by atoms with Crippen molar-refractivity contribution in [2.24, 2.45) is 0 Å². The first-order chi connectivity index (χ1) is 6.68. The molecule has 0 spiro atoms. The van der Waals surface area contributed by atoms with Gasteiger partial charge < -0.3 is 4.90 Å². The molecule has 2 rings (SSSR count). The fourth-order valence-electron chi connectivity index (χ4n) is 1.53. The Morgan fingerprint density at radius 3 is 2.57 bits per heavy atom. The number of rotatable bonds is 3. The Labute approximate surface area is 89.3 Å². The lowest BCUT2D eigenvalue weighted by molar-refractivity contribution is 0.400. The monoisotopic (exact) mass is 211 g/mol. The van der Waals surface area contributed by atoms with E-state index in [1.165, 1.54) is 30.8 Å². The molecule has 0 unspecified atom stereocenters. The Kier molecular flexibility index (Phi) is 2.72. The highest BCUT2D eigenvalue weighted by Gasteiger charge is 2.24. The lowest BCUT2D eigenvalue weighted by Gasteiger charge is -2.34. The number of nitrogens with zero attached hydrogens (tertiary/aromatic N) is 3. The van der Waals surface area contributed by atoms with Gasteiger partial charge in [0.1, 0.15) is 5.82 Å². The van der Waals surface area contributed by atoms with Crippen molar-refractivity contribution in [2.45, 2.75) is 45.1 Å². The minimum Gasteiger partial charge on any atom is -0.347 e. The van der Waals surface area contributed by atoms with Gasteiger partial charge in [-0.05, 0) is 19.3 Å². The highest BCUT2D eigenvalue weighted by atomic mass is 32.1. The van der Waals surface area contributed by atoms with Gasteiger partial charge in [0.25, 0.3) is 0 Å². The van der Waals surface area contributed by atoms with Crippen LogP contribution in [0.3, 0.4) is 0 Å². The van der Waals surface area contributed by atoms with E-state index < -0.39 is 0 Å². The van der Waals surface area contributed by atoms with Crippen LogP contribution in [-0.4, -0.2) is 22.4 Å². The second-order valence-corrected chi connectivity index (χ2v) is 5.02. The van der Waals surface area contributed by atoms with Crippen LogP contribution in [0.15, 0.2) is 0 Å². The molecule has 1 fully saturated rings. The summed E-state index contributed by atoms with van der Waals surface area (Å²) in [6.07, 6.45) is 3.99. The maximum absolute atomic E-state index is 4.55. The zero-order valence-corrected chi connectivity index (χ0v) is 9.84. The van der Waals surface area contributed by atoms with Crippen molar-refractivity contribution < 1.29 is 0 Å². The third kappa shape index (κ3) is 1.75. The van der Waals surface area contributed by atoms with E-state index in [2.05, 4.69) is 35.2 Å². The Balaban J connectivity index is 2.07. The van der Waals surface area contributed by atoms with E-state index in [0.29, 0.717) is 12.0 Å². The standard InChI is InChI=1S/C10H17N3S/c1-7(2)9-11-10(14-12-9)13(3)8-5-4-6-8/h7-8H,4-6H2,1-3H3. The quantitative estimate of drug-likeness (QED) is 0.769. The van der Waals surface area contributed by atoms with Crippen molar-refractivity contribution in [3.63, 3.8) is 0 Å². The van der Waals surface area contributed by atoms with Crippen molar-refractivity contribution in [1.29, 1.82) is 0 Å². The lowest BCUT2D eigenvalue weighted by Crippen LogP contribution is -2.37. The summed E-state index contributed by atoms with van der Waals surface area (Å²) >= 11 is 1.53. The normalized spacial score (nSPS) is 17.1. The van der Waals surface area contributed by atoms with Crippen LogP contribution in [0.25, 0.3) is 0 Å². The molecule has 1 aromatic rings. The summed E-state index contributed by atoms with van der Waals surface area (Å²) in [5.74, 6) is 1.42. The zero-order chi connectivity index (χ0) is 10.1. The molecule has 1 aliphatic carbocycles. The van der Waals surface area contributed by atoms with Gasteiger partial charge >= 0.3 is 0 Å². The number of hydrogen-bond acceptors (Lipinski definition) is 4. The summed E-state index contributed by atoms with van der Waals surface area (Å²) in [5, 5.41) is 1.08. The molecule has 3 nitrogen and oxygen atoms in total. The minimum atomic E-state index is 0.440. The molecule has 1 saturated carbocycles. The largest absolute Gasteiger partial charge is 0.347 e. The molecule has 0 radical (unpaired) electrons. The zero-order valence-electron chi connectivity index (χ0n) is 9.03. The van der Waals surface area contributed by atoms with Crippen molar-refractivity contribution >= 4 is 16.7 Å². The van der Waals surface area contributed by atoms with Crippen LogP contribution in [0.5, 0.6) is 0 Å². The van der Waals surface area contributed by atoms with Crippen LogP contribution in [0.1, 0.15) is 44.9 Å². The van der Waals surface area contributed by atoms with Crippen LogP contribution in [-0.2, 0) is 0 Å². The highest BCUT2D eigenvalue weighted by Crippen LogP contribution is 2.29. The molecule has 0 bridgehead atoms. The molecule has 0 aromatic carbocycles. The smallest absolute Gasteiger partial charge is 0.205 e. The Morgan fingerprint density at radius 1 is 1.43 bits per heavy atom. The summed E-state index contributed by atoms with van der Waals surface area (Å²) in [4.78, 5) is 6.83. The summed E-state index contributed by atoms with van der Waals surface area (Å²) in [6, 6.07) is 0.711. The van der Waals surface area contributed by atoms with E-state index in [4.69, 9.17) is 0 Å². The number of anilines is 1. The predicted octanol–water partition coefficient (Wildman–Crippen LogP) is 2.65. The van der Waals surface area contributed by atoms with E-state index >= 15 is 0 Å². The fraction of sp³-hybridized carbons (Fsp3) is 0.800. The van der Waals surface area contributed by atoms with Gasteiger partial charge in [0, 0.05) is 30.5 Å². The lowest BCUT2D eigenvalue weighted by atomic mass is 9.92. The van der Waals surface area contributed by atoms with Crippen molar-refractivity contribution in [3.8, 4) is 0 Å². The maximum atomic E-state index is 4.55. The van der Waals surface area contributed by atoms with Crippen LogP contribution < -0.4 is 4.90 Å². The molecule has 0 atom stereocenters. The van der Waals surface area contributed by atoms with Gasteiger partial charge in [-0.3, -0.25) is 0 Å². The van der Waals surface area contributed by atoms with Gasteiger partial charge in [0.05, 0.1) is 0 Å². The average molecular weight is 211 g/mol. The molecule has 4 heteroatoms. The molecule has 78 valence electrons. The summed E-state index contributed by atoms with van der Waals surface area (Å²) in [7, 11) is 2.13. The van der Waals surface area contributed by atoms with E-state index in [1.54, 1.807) is 0 Å². The predicted molar refractivity (Wildman–Crippen MR) is 60.0 cm³/mol. The molecule has 1 aliphatic rings. The van der Waals surface area contributed by atoms with E-state index in [1.807, 2.05) is 0 Å². The van der Waals surface area contributed by atoms with Crippen LogP contribution in [0.2, 0.25) is 0 Å². The van der Waals surface area contributed by atoms with E-state index in [-0.39, 0.29) is 0 Å². The van der Waals surface area contributed by atoms with Crippen molar-refractivity contribution in [3.05, 3.63) is 5.82 Å². The van der Waals surface area contributed by atoms with Crippen LogP contribution in [0, 0.1) is 0 Å². The fourth-order valence-corrected chi connectivity index (χ4v) is 2.37. The highest BCUT2D eigenvalue weighted by molar-refractivity contribution is 7.09. The summed E-state index contributed by atoms with van der Waals surface area (Å²) in [6.45, 7) is 4.27. The van der Waals surface area contributed by atoms with Gasteiger partial charge in [-0.15, -0.1) is 0 Å². The average Bonchev–Trinajstić information content (AvgIpc) is 2.48. The van der Waals surface area contributed by atoms with Gasteiger partial charge in [-0.2, -0.15) is 4.37 Å². The first kappa shape index (κ1) is 9.90. The number of aromatic nitrogens is 2. The molecule has 0 saturated heterocycles. The molecule has 1 heterocycles. The van der Waals surface area contributed by atoms with Gasteiger partial charge in [-0.25, -0.2) is 4.98 Å². The van der Waals surface area contributed by atoms with Crippen LogP contribution in [0.4, 0.5) is 5.13 Å². The van der Waals surface area contributed by atoms with Gasteiger partial charge in [0.2, 0.25) is 5.13 Å². The van der Waals surface area contributed by atoms with Crippen LogP contribution >= 0.6 is 11.5 Å². The van der Waals surface area contributed by atoms with Crippen molar-refractivity contribution in [2.75, 3.05) is 11.9 Å². The second kappa shape index (κ2) is 3.85. The topological polar surface area (TPSA) is 29.0 Å². The first-order valence-electron chi connectivity index (χ1n) is 5.25. The molecule has 14 heavy (non-hydrogen) atoms. The molecular formula is C10H17N3S. The second-order valence-electron chi connectivity index (χ2n) is 4.29. The van der Waals surface area contributed by atoms with Gasteiger partial charge in [0.15, 0.2) is 0 Å². The van der Waals surface area contributed by atoms with E-state index in [9.17, 15) is 0 Å². The van der Waals surface area contributed by atoms with E-state index in [0.717, 1.165) is 11.0 Å². The molecule has 1 aromatic heterocycles. The SMILES string of the molecule is CC(C)c1nsc(N(C)C2CCC2)n1. The maximum Gasteiger partial charge on any atom is 0.205 e. The number of hydrogen-bond donors (Lipinski definition) is 0. The Hall–Kier alpha value is -0.640. The molecule has 0 amide bonds. The third-order valence-electron chi connectivity index (χ3n) is 2.87. The summed E-state index contributed by atoms with van der Waals surface area (Å²) < 4.78 is 4.37. The third-order valence-corrected chi connectivity index (χ3v) is 3.69. The Bertz CT molecular complexity index is 304. The minimum absolute atomic E-state index is 0.440. The first-order valence-corrected chi connectivity index (χ1v) is 6.02. The molecular weight excluding hydrogens is 194 g/mol. The van der Waals surface area contributed by atoms with Gasteiger partial charge in [-0.1, -0.05) is 13.8 Å². The van der Waals surface area contributed by atoms with Crippen molar-refractivity contribution in [1.82, 2.24) is 9.36 Å².